The van der Waals surface area contributed by atoms with Gasteiger partial charge in [0, 0.05) is 51.2 Å². The van der Waals surface area contributed by atoms with E-state index in [9.17, 15) is 8.42 Å². The Hall–Kier alpha value is -1.02. The van der Waals surface area contributed by atoms with Crippen LogP contribution in [0.2, 0.25) is 0 Å². The quantitative estimate of drug-likeness (QED) is 0.823. The maximum absolute atomic E-state index is 12.1. The SMILES string of the molecule is CCN1CCN([C@@H](C)CNS(=O)(=O)c2cccnc2)CC1. The normalized spacial score (nSPS) is 19.5. The van der Waals surface area contributed by atoms with Gasteiger partial charge in [-0.25, -0.2) is 13.1 Å². The summed E-state index contributed by atoms with van der Waals surface area (Å²) in [5.74, 6) is 0. The molecule has 0 aliphatic carbocycles. The molecule has 0 unspecified atom stereocenters. The van der Waals surface area contributed by atoms with E-state index in [-0.39, 0.29) is 10.9 Å². The lowest BCUT2D eigenvalue weighted by Gasteiger charge is -2.37. The number of nitrogens with one attached hydrogen (secondary N) is 1. The molecule has 0 saturated carbocycles. The van der Waals surface area contributed by atoms with E-state index >= 15 is 0 Å². The van der Waals surface area contributed by atoms with Crippen LogP contribution in [0, 0.1) is 0 Å². The minimum atomic E-state index is -3.46. The zero-order valence-corrected chi connectivity index (χ0v) is 13.5. The highest BCUT2D eigenvalue weighted by molar-refractivity contribution is 7.89. The monoisotopic (exact) mass is 312 g/mol. The molecule has 1 atom stereocenters. The minimum Gasteiger partial charge on any atom is -0.301 e. The predicted molar refractivity (Wildman–Crippen MR) is 82.6 cm³/mol. The summed E-state index contributed by atoms with van der Waals surface area (Å²) in [5.41, 5.74) is 0. The van der Waals surface area contributed by atoms with Gasteiger partial charge in [-0.1, -0.05) is 6.92 Å². The number of piperazine rings is 1. The first-order valence-corrected chi connectivity index (χ1v) is 8.87. The molecule has 21 heavy (non-hydrogen) atoms. The maximum atomic E-state index is 12.1. The molecule has 1 aliphatic rings. The molecule has 1 aliphatic heterocycles. The molecule has 6 nitrogen and oxygen atoms in total. The van der Waals surface area contributed by atoms with E-state index in [4.69, 9.17) is 0 Å². The standard InChI is InChI=1S/C14H24N4O2S/c1-3-17-7-9-18(10-8-17)13(2)11-16-21(19,20)14-5-4-6-15-12-14/h4-6,12-13,16H,3,7-11H2,1-2H3/t13-/m0/s1. The van der Waals surface area contributed by atoms with E-state index < -0.39 is 10.0 Å². The first kappa shape index (κ1) is 16.4. The second-order valence-electron chi connectivity index (χ2n) is 5.36. The van der Waals surface area contributed by atoms with Crippen LogP contribution in [0.5, 0.6) is 0 Å². The van der Waals surface area contributed by atoms with E-state index in [0.717, 1.165) is 32.7 Å². The van der Waals surface area contributed by atoms with Crippen molar-refractivity contribution in [1.82, 2.24) is 19.5 Å². The van der Waals surface area contributed by atoms with Gasteiger partial charge in [0.15, 0.2) is 0 Å². The highest BCUT2D eigenvalue weighted by Crippen LogP contribution is 2.08. The predicted octanol–water partition coefficient (Wildman–Crippen LogP) is 0.386. The summed E-state index contributed by atoms with van der Waals surface area (Å²) in [7, 11) is -3.46. The van der Waals surface area contributed by atoms with Crippen molar-refractivity contribution in [1.29, 1.82) is 0 Å². The zero-order chi connectivity index (χ0) is 15.3. The summed E-state index contributed by atoms with van der Waals surface area (Å²) < 4.78 is 27.0. The molecule has 1 aromatic rings. The van der Waals surface area contributed by atoms with Gasteiger partial charge >= 0.3 is 0 Å². The lowest BCUT2D eigenvalue weighted by atomic mass is 10.2. The first-order chi connectivity index (χ1) is 10.0. The molecule has 118 valence electrons. The van der Waals surface area contributed by atoms with Gasteiger partial charge in [0.2, 0.25) is 10.0 Å². The molecular weight excluding hydrogens is 288 g/mol. The number of likely N-dealkylation sites (N-methyl/N-ethyl adjacent to an activating group) is 1. The van der Waals surface area contributed by atoms with Crippen LogP contribution in [0.25, 0.3) is 0 Å². The fraction of sp³-hybridized carbons (Fsp3) is 0.643. The number of aromatic nitrogens is 1. The number of hydrogen-bond donors (Lipinski definition) is 1. The maximum Gasteiger partial charge on any atom is 0.242 e. The molecular formula is C14H24N4O2S. The molecule has 1 fully saturated rings. The molecule has 1 N–H and O–H groups in total. The van der Waals surface area contributed by atoms with E-state index in [1.54, 1.807) is 18.3 Å². The molecule has 2 rings (SSSR count). The van der Waals surface area contributed by atoms with Crippen LogP contribution < -0.4 is 4.72 Å². The summed E-state index contributed by atoms with van der Waals surface area (Å²) in [6.45, 7) is 9.81. The van der Waals surface area contributed by atoms with Gasteiger partial charge in [0.25, 0.3) is 0 Å². The van der Waals surface area contributed by atoms with E-state index in [0.29, 0.717) is 6.54 Å². The van der Waals surface area contributed by atoms with E-state index in [2.05, 4.69) is 33.4 Å². The third-order valence-electron chi connectivity index (χ3n) is 3.99. The number of rotatable bonds is 6. The third-order valence-corrected chi connectivity index (χ3v) is 5.40. The van der Waals surface area contributed by atoms with Crippen molar-refractivity contribution >= 4 is 10.0 Å². The van der Waals surface area contributed by atoms with Gasteiger partial charge in [0.05, 0.1) is 0 Å². The van der Waals surface area contributed by atoms with Crippen LogP contribution in [-0.2, 0) is 10.0 Å². The summed E-state index contributed by atoms with van der Waals surface area (Å²) in [6, 6.07) is 3.37. The van der Waals surface area contributed by atoms with Crippen LogP contribution >= 0.6 is 0 Å². The Bertz CT molecular complexity index is 527. The molecule has 2 heterocycles. The van der Waals surface area contributed by atoms with Gasteiger partial charge in [-0.15, -0.1) is 0 Å². The third kappa shape index (κ3) is 4.47. The van der Waals surface area contributed by atoms with Crippen molar-refractivity contribution in [3.8, 4) is 0 Å². The zero-order valence-electron chi connectivity index (χ0n) is 12.7. The first-order valence-electron chi connectivity index (χ1n) is 7.39. The molecule has 0 amide bonds. The Kier molecular flexibility index (Phi) is 5.69. The Balaban J connectivity index is 1.85. The molecule has 0 bridgehead atoms. The summed E-state index contributed by atoms with van der Waals surface area (Å²) in [6.07, 6.45) is 2.93. The van der Waals surface area contributed by atoms with Gasteiger partial charge in [-0.3, -0.25) is 9.88 Å². The molecule has 1 aromatic heterocycles. The fourth-order valence-electron chi connectivity index (χ4n) is 2.47. The molecule has 0 spiro atoms. The van der Waals surface area contributed by atoms with Crippen molar-refractivity contribution in [3.05, 3.63) is 24.5 Å². The Morgan fingerprint density at radius 1 is 1.33 bits per heavy atom. The number of pyridine rings is 1. The van der Waals surface area contributed by atoms with Crippen LogP contribution in [0.1, 0.15) is 13.8 Å². The van der Waals surface area contributed by atoms with Crippen LogP contribution in [0.3, 0.4) is 0 Å². The topological polar surface area (TPSA) is 65.5 Å². The molecule has 7 heteroatoms. The van der Waals surface area contributed by atoms with Gasteiger partial charge in [0.1, 0.15) is 4.90 Å². The van der Waals surface area contributed by atoms with Crippen molar-refractivity contribution in [2.75, 3.05) is 39.3 Å². The second kappa shape index (κ2) is 7.31. The van der Waals surface area contributed by atoms with Gasteiger partial charge in [-0.2, -0.15) is 0 Å². The highest BCUT2D eigenvalue weighted by Gasteiger charge is 2.22. The minimum absolute atomic E-state index is 0.190. The average Bonchev–Trinajstić information content (AvgIpc) is 2.53. The van der Waals surface area contributed by atoms with Crippen molar-refractivity contribution in [3.63, 3.8) is 0 Å². The summed E-state index contributed by atoms with van der Waals surface area (Å²) in [4.78, 5) is 8.80. The second-order valence-corrected chi connectivity index (χ2v) is 7.13. The van der Waals surface area contributed by atoms with Crippen LogP contribution in [0.4, 0.5) is 0 Å². The Morgan fingerprint density at radius 3 is 2.62 bits per heavy atom. The number of sulfonamides is 1. The van der Waals surface area contributed by atoms with Crippen molar-refractivity contribution < 1.29 is 8.42 Å². The van der Waals surface area contributed by atoms with Crippen molar-refractivity contribution in [2.45, 2.75) is 24.8 Å². The van der Waals surface area contributed by atoms with E-state index in [1.165, 1.54) is 6.20 Å². The van der Waals surface area contributed by atoms with E-state index in [1.807, 2.05) is 0 Å². The van der Waals surface area contributed by atoms with Gasteiger partial charge in [-0.05, 0) is 25.6 Å². The Labute approximate surface area is 127 Å². The number of nitrogens with zero attached hydrogens (tertiary/aromatic N) is 3. The lowest BCUT2D eigenvalue weighted by molar-refractivity contribution is 0.107. The van der Waals surface area contributed by atoms with Crippen molar-refractivity contribution in [2.24, 2.45) is 0 Å². The lowest BCUT2D eigenvalue weighted by Crippen LogP contribution is -2.52. The average molecular weight is 312 g/mol. The largest absolute Gasteiger partial charge is 0.301 e. The fourth-order valence-corrected chi connectivity index (χ4v) is 3.55. The highest BCUT2D eigenvalue weighted by atomic mass is 32.2. The smallest absolute Gasteiger partial charge is 0.242 e. The summed E-state index contributed by atoms with van der Waals surface area (Å²) in [5, 5.41) is 0. The van der Waals surface area contributed by atoms with Crippen LogP contribution in [-0.4, -0.2) is 68.5 Å². The molecule has 1 saturated heterocycles. The summed E-state index contributed by atoms with van der Waals surface area (Å²) >= 11 is 0. The molecule has 0 radical (unpaired) electrons. The Morgan fingerprint density at radius 2 is 2.05 bits per heavy atom. The number of hydrogen-bond acceptors (Lipinski definition) is 5. The van der Waals surface area contributed by atoms with Crippen LogP contribution in [0.15, 0.2) is 29.4 Å². The molecule has 0 aromatic carbocycles. The van der Waals surface area contributed by atoms with Gasteiger partial charge < -0.3 is 4.90 Å².